The van der Waals surface area contributed by atoms with E-state index in [1.165, 1.54) is 64.5 Å². The van der Waals surface area contributed by atoms with E-state index in [1.807, 2.05) is 20.0 Å². The summed E-state index contributed by atoms with van der Waals surface area (Å²) in [6.45, 7) is 17.7. The number of likely N-dealkylation sites (tertiary alicyclic amines) is 1. The van der Waals surface area contributed by atoms with Gasteiger partial charge in [-0.1, -0.05) is 59.6 Å². The molecule has 7 heteroatoms. The molecule has 1 saturated heterocycles. The van der Waals surface area contributed by atoms with Crippen molar-refractivity contribution < 1.29 is 4.79 Å². The molecule has 0 bridgehead atoms. The molecule has 0 aliphatic carbocycles. The van der Waals surface area contributed by atoms with Crippen molar-refractivity contribution in [2.75, 3.05) is 13.1 Å². The predicted molar refractivity (Wildman–Crippen MR) is 133 cm³/mol. The van der Waals surface area contributed by atoms with Crippen LogP contribution in [0.4, 0.5) is 0 Å². The van der Waals surface area contributed by atoms with Gasteiger partial charge in [0, 0.05) is 31.8 Å². The standard InChI is InChI=1S/C17H26N4O.C6H9NO.C2H6/c1-2-3-4-5-6-13-7-8-21(10-13)11-14-9-18-16-15(14)19-12-20-17(16)22;1-4-7-5(2)6(3)8;1-2/h9,12-13,18H,2-8,10-11H2,1H3,(H,19,20,22);4,7H,1-2H2,3H3;1-2H3/t13-;;/m1../s1. The summed E-state index contributed by atoms with van der Waals surface area (Å²) in [5.41, 5.74) is 2.82. The Hall–Kier alpha value is -2.67. The largest absolute Gasteiger partial charge is 0.360 e. The van der Waals surface area contributed by atoms with Crippen LogP contribution in [0.2, 0.25) is 0 Å². The third kappa shape index (κ3) is 8.83. The molecule has 0 saturated carbocycles. The first-order chi connectivity index (χ1) is 15.5. The molecule has 0 unspecified atom stereocenters. The lowest BCUT2D eigenvalue weighted by Crippen LogP contribution is -2.20. The van der Waals surface area contributed by atoms with Gasteiger partial charge in [-0.15, -0.1) is 0 Å². The van der Waals surface area contributed by atoms with E-state index in [0.29, 0.717) is 11.2 Å². The fourth-order valence-corrected chi connectivity index (χ4v) is 3.74. The first-order valence-corrected chi connectivity index (χ1v) is 11.8. The van der Waals surface area contributed by atoms with Crippen LogP contribution in [0, 0.1) is 5.92 Å². The molecule has 2 aromatic rings. The number of aromatic amines is 2. The number of unbranched alkanes of at least 4 members (excludes halogenated alkanes) is 3. The van der Waals surface area contributed by atoms with Crippen molar-refractivity contribution in [3.8, 4) is 0 Å². The molecule has 7 nitrogen and oxygen atoms in total. The zero-order chi connectivity index (χ0) is 23.9. The average molecular weight is 444 g/mol. The van der Waals surface area contributed by atoms with Crippen LogP contribution < -0.4 is 10.9 Å². The number of allylic oxidation sites excluding steroid dienone is 1. The number of hydrogen-bond donors (Lipinski definition) is 3. The predicted octanol–water partition coefficient (Wildman–Crippen LogP) is 4.89. The van der Waals surface area contributed by atoms with Gasteiger partial charge in [-0.2, -0.15) is 0 Å². The zero-order valence-electron chi connectivity index (χ0n) is 20.3. The number of nitrogens with zero attached hydrogens (tertiary/aromatic N) is 2. The molecule has 3 rings (SSSR count). The van der Waals surface area contributed by atoms with Gasteiger partial charge in [-0.3, -0.25) is 14.5 Å². The number of nitrogens with one attached hydrogen (secondary N) is 3. The van der Waals surface area contributed by atoms with Gasteiger partial charge in [0.05, 0.1) is 17.5 Å². The van der Waals surface area contributed by atoms with E-state index < -0.39 is 0 Å². The van der Waals surface area contributed by atoms with Crippen molar-refractivity contribution in [1.29, 1.82) is 0 Å². The summed E-state index contributed by atoms with van der Waals surface area (Å²) in [5, 5.41) is 2.56. The Balaban J connectivity index is 0.000000436. The van der Waals surface area contributed by atoms with Gasteiger partial charge in [0.1, 0.15) is 5.52 Å². The van der Waals surface area contributed by atoms with Crippen LogP contribution in [-0.4, -0.2) is 38.7 Å². The van der Waals surface area contributed by atoms with Crippen LogP contribution in [0.25, 0.3) is 11.0 Å². The summed E-state index contributed by atoms with van der Waals surface area (Å²) in [6.07, 6.45) is 12.9. The van der Waals surface area contributed by atoms with Crippen molar-refractivity contribution in [2.24, 2.45) is 5.92 Å². The van der Waals surface area contributed by atoms with Gasteiger partial charge >= 0.3 is 0 Å². The van der Waals surface area contributed by atoms with Crippen LogP contribution in [-0.2, 0) is 11.3 Å². The highest BCUT2D eigenvalue weighted by Gasteiger charge is 2.23. The maximum absolute atomic E-state index is 11.7. The SMILES string of the molecule is C=CNC(=C)C(C)=O.CC.CCCCCC[C@@H]1CCN(Cc2c[nH]c3c(=O)[nH]cnc23)C1. The quantitative estimate of drug-likeness (QED) is 0.359. The second-order valence-electron chi connectivity index (χ2n) is 7.89. The van der Waals surface area contributed by atoms with Crippen LogP contribution in [0.5, 0.6) is 0 Å². The Labute approximate surface area is 192 Å². The number of fused-ring (bicyclic) bond motifs is 1. The number of rotatable bonds is 10. The number of carbonyl (C=O) groups excluding carboxylic acids is 1. The maximum atomic E-state index is 11.7. The van der Waals surface area contributed by atoms with Gasteiger partial charge in [-0.25, -0.2) is 4.98 Å². The number of aromatic nitrogens is 3. The first kappa shape index (κ1) is 27.4. The first-order valence-electron chi connectivity index (χ1n) is 11.8. The molecule has 1 aliphatic rings. The van der Waals surface area contributed by atoms with Crippen LogP contribution in [0.15, 0.2) is 42.4 Å². The molecule has 0 radical (unpaired) electrons. The highest BCUT2D eigenvalue weighted by Crippen LogP contribution is 2.25. The lowest BCUT2D eigenvalue weighted by Gasteiger charge is -2.15. The van der Waals surface area contributed by atoms with Crippen LogP contribution in [0.1, 0.15) is 71.8 Å². The van der Waals surface area contributed by atoms with E-state index in [1.54, 1.807) is 0 Å². The van der Waals surface area contributed by atoms with E-state index in [4.69, 9.17) is 0 Å². The minimum Gasteiger partial charge on any atom is -0.360 e. The molecule has 1 fully saturated rings. The fourth-order valence-electron chi connectivity index (χ4n) is 3.74. The van der Waals surface area contributed by atoms with Crippen LogP contribution in [0.3, 0.4) is 0 Å². The summed E-state index contributed by atoms with van der Waals surface area (Å²) < 4.78 is 0. The average Bonchev–Trinajstić information content (AvgIpc) is 3.41. The van der Waals surface area contributed by atoms with E-state index in [9.17, 15) is 9.59 Å². The fraction of sp³-hybridized carbons (Fsp3) is 0.560. The van der Waals surface area contributed by atoms with Gasteiger partial charge in [-0.05, 0) is 31.5 Å². The summed E-state index contributed by atoms with van der Waals surface area (Å²) in [5.74, 6) is 0.781. The maximum Gasteiger partial charge on any atom is 0.275 e. The van der Waals surface area contributed by atoms with Crippen molar-refractivity contribution >= 4 is 16.8 Å². The molecule has 2 aromatic heterocycles. The normalized spacial score (nSPS) is 15.3. The number of carbonyl (C=O) groups is 1. The highest BCUT2D eigenvalue weighted by atomic mass is 16.1. The number of Topliss-reactive ketones (excluding diaryl/α,β-unsaturated/α-hetero) is 1. The molecule has 1 aliphatic heterocycles. The molecular weight excluding hydrogens is 402 g/mol. The van der Waals surface area contributed by atoms with Crippen molar-refractivity contribution in [3.63, 3.8) is 0 Å². The van der Waals surface area contributed by atoms with Gasteiger partial charge in [0.2, 0.25) is 0 Å². The molecule has 0 spiro atoms. The van der Waals surface area contributed by atoms with Crippen molar-refractivity contribution in [3.05, 3.63) is 53.5 Å². The second kappa shape index (κ2) is 15.2. The van der Waals surface area contributed by atoms with E-state index in [-0.39, 0.29) is 11.3 Å². The Morgan fingerprint density at radius 1 is 1.31 bits per heavy atom. The van der Waals surface area contributed by atoms with Gasteiger partial charge in [0.25, 0.3) is 5.56 Å². The lowest BCUT2D eigenvalue weighted by atomic mass is 10.0. The Bertz CT molecular complexity index is 899. The topological polar surface area (TPSA) is 93.9 Å². The monoisotopic (exact) mass is 443 g/mol. The summed E-state index contributed by atoms with van der Waals surface area (Å²) in [6, 6.07) is 0. The molecule has 0 amide bonds. The Morgan fingerprint density at radius 2 is 2.06 bits per heavy atom. The van der Waals surface area contributed by atoms with Gasteiger partial charge < -0.3 is 15.3 Å². The summed E-state index contributed by atoms with van der Waals surface area (Å²) >= 11 is 0. The summed E-state index contributed by atoms with van der Waals surface area (Å²) in [4.78, 5) is 34.5. The minimum atomic E-state index is -0.0912. The van der Waals surface area contributed by atoms with E-state index in [2.05, 4.69) is 45.3 Å². The zero-order valence-corrected chi connectivity index (χ0v) is 20.3. The number of H-pyrrole nitrogens is 2. The summed E-state index contributed by atoms with van der Waals surface area (Å²) in [7, 11) is 0. The lowest BCUT2D eigenvalue weighted by molar-refractivity contribution is -0.113. The Morgan fingerprint density at radius 3 is 2.69 bits per heavy atom. The molecule has 0 aromatic carbocycles. The smallest absolute Gasteiger partial charge is 0.275 e. The molecule has 1 atom stereocenters. The highest BCUT2D eigenvalue weighted by molar-refractivity contribution is 5.92. The number of ketones is 1. The van der Waals surface area contributed by atoms with E-state index in [0.717, 1.165) is 30.1 Å². The van der Waals surface area contributed by atoms with Crippen molar-refractivity contribution in [2.45, 2.75) is 72.8 Å². The van der Waals surface area contributed by atoms with Gasteiger partial charge in [0.15, 0.2) is 5.78 Å². The molecule has 3 heterocycles. The van der Waals surface area contributed by atoms with Crippen molar-refractivity contribution in [1.82, 2.24) is 25.2 Å². The minimum absolute atomic E-state index is 0.0649. The molecule has 178 valence electrons. The Kier molecular flexibility index (Phi) is 13.0. The number of hydrogen-bond acceptors (Lipinski definition) is 5. The van der Waals surface area contributed by atoms with E-state index >= 15 is 0 Å². The third-order valence-electron chi connectivity index (χ3n) is 5.48. The molecule has 3 N–H and O–H groups in total. The molecule has 32 heavy (non-hydrogen) atoms. The molecular formula is C25H41N5O2. The van der Waals surface area contributed by atoms with Crippen LogP contribution >= 0.6 is 0 Å². The second-order valence-corrected chi connectivity index (χ2v) is 7.89. The third-order valence-corrected chi connectivity index (χ3v) is 5.48.